The summed E-state index contributed by atoms with van der Waals surface area (Å²) in [6.45, 7) is 3.65. The number of rotatable bonds is 6. The third-order valence-electron chi connectivity index (χ3n) is 4.93. The Bertz CT molecular complexity index is 953. The van der Waals surface area contributed by atoms with Gasteiger partial charge in [0.15, 0.2) is 0 Å². The number of hydrogen-bond donors (Lipinski definition) is 1. The maximum Gasteiger partial charge on any atom is 0.254 e. The van der Waals surface area contributed by atoms with Gasteiger partial charge in [0.1, 0.15) is 0 Å². The van der Waals surface area contributed by atoms with E-state index in [0.717, 1.165) is 19.3 Å². The molecule has 0 radical (unpaired) electrons. The fraction of sp³-hybridized carbons (Fsp3) is 0.286. The summed E-state index contributed by atoms with van der Waals surface area (Å²) in [5.74, 6) is -0.183. The number of nitrogens with zero attached hydrogens (tertiary/aromatic N) is 1. The minimum Gasteiger partial charge on any atom is -0.335 e. The Morgan fingerprint density at radius 2 is 2.04 bits per heavy atom. The molecule has 6 heteroatoms. The van der Waals surface area contributed by atoms with E-state index in [1.165, 1.54) is 29.3 Å². The molecule has 142 valence electrons. The second-order valence-electron chi connectivity index (χ2n) is 6.69. The number of carbonyl (C=O) groups excluding carboxylic acids is 1. The van der Waals surface area contributed by atoms with E-state index >= 15 is 0 Å². The molecule has 0 fully saturated rings. The van der Waals surface area contributed by atoms with Crippen molar-refractivity contribution in [3.8, 4) is 0 Å². The molecule has 1 aliphatic rings. The molecule has 27 heavy (non-hydrogen) atoms. The molecule has 0 heterocycles. The second kappa shape index (κ2) is 8.06. The average Bonchev–Trinajstić information content (AvgIpc) is 2.71. The first-order chi connectivity index (χ1) is 12.9. The molecule has 2 aromatic carbocycles. The summed E-state index contributed by atoms with van der Waals surface area (Å²) in [6, 6.07) is 14.4. The van der Waals surface area contributed by atoms with Gasteiger partial charge in [-0.1, -0.05) is 36.4 Å². The molecule has 0 unspecified atom stereocenters. The lowest BCUT2D eigenvalue weighted by Crippen LogP contribution is -2.33. The first-order valence-corrected chi connectivity index (χ1v) is 10.5. The van der Waals surface area contributed by atoms with Crippen LogP contribution in [-0.4, -0.2) is 32.8 Å². The van der Waals surface area contributed by atoms with E-state index in [4.69, 9.17) is 0 Å². The molecule has 1 aliphatic carbocycles. The Kier molecular flexibility index (Phi) is 5.77. The van der Waals surface area contributed by atoms with Crippen LogP contribution in [0.2, 0.25) is 0 Å². The van der Waals surface area contributed by atoms with E-state index in [1.54, 1.807) is 24.1 Å². The normalized spacial score (nSPS) is 16.4. The summed E-state index contributed by atoms with van der Waals surface area (Å²) in [6.07, 6.45) is 4.43. The molecule has 0 saturated heterocycles. The molecule has 0 aliphatic heterocycles. The highest BCUT2D eigenvalue weighted by Gasteiger charge is 2.27. The maximum atomic E-state index is 13.0. The van der Waals surface area contributed by atoms with Gasteiger partial charge in [-0.15, -0.1) is 6.58 Å². The molecular formula is C21H24N2O3S. The van der Waals surface area contributed by atoms with Gasteiger partial charge in [-0.2, -0.15) is 0 Å². The van der Waals surface area contributed by atoms with Crippen LogP contribution in [0.1, 0.15) is 40.4 Å². The Morgan fingerprint density at radius 3 is 2.81 bits per heavy atom. The number of aryl methyl sites for hydroxylation is 1. The molecule has 1 atom stereocenters. The van der Waals surface area contributed by atoms with Gasteiger partial charge in [0.2, 0.25) is 10.0 Å². The van der Waals surface area contributed by atoms with E-state index in [9.17, 15) is 13.2 Å². The smallest absolute Gasteiger partial charge is 0.254 e. The van der Waals surface area contributed by atoms with Crippen molar-refractivity contribution in [2.24, 2.45) is 0 Å². The third kappa shape index (κ3) is 4.12. The lowest BCUT2D eigenvalue weighted by atomic mass is 9.87. The summed E-state index contributed by atoms with van der Waals surface area (Å²) >= 11 is 0. The summed E-state index contributed by atoms with van der Waals surface area (Å²) in [5, 5.41) is 0. The molecule has 0 saturated carbocycles. The van der Waals surface area contributed by atoms with Crippen LogP contribution in [0.3, 0.4) is 0 Å². The van der Waals surface area contributed by atoms with Crippen molar-refractivity contribution in [2.75, 3.05) is 13.6 Å². The number of nitrogens with one attached hydrogen (secondary N) is 1. The second-order valence-corrected chi connectivity index (χ2v) is 8.46. The quantitative estimate of drug-likeness (QED) is 0.777. The molecule has 3 rings (SSSR count). The number of carbonyl (C=O) groups is 1. The monoisotopic (exact) mass is 384 g/mol. The van der Waals surface area contributed by atoms with Gasteiger partial charge in [-0.25, -0.2) is 13.1 Å². The zero-order valence-corrected chi connectivity index (χ0v) is 16.2. The summed E-state index contributed by atoms with van der Waals surface area (Å²) in [7, 11) is -1.89. The van der Waals surface area contributed by atoms with Gasteiger partial charge in [-0.3, -0.25) is 4.79 Å². The largest absolute Gasteiger partial charge is 0.335 e. The summed E-state index contributed by atoms with van der Waals surface area (Å²) in [4.78, 5) is 14.8. The Morgan fingerprint density at radius 1 is 1.26 bits per heavy atom. The number of hydrogen-bond acceptors (Lipinski definition) is 3. The Balaban J connectivity index is 1.86. The van der Waals surface area contributed by atoms with Crippen LogP contribution < -0.4 is 4.72 Å². The number of amides is 1. The first kappa shape index (κ1) is 19.3. The van der Waals surface area contributed by atoms with Crippen LogP contribution in [-0.2, 0) is 16.4 Å². The van der Waals surface area contributed by atoms with Crippen LogP contribution >= 0.6 is 0 Å². The highest BCUT2D eigenvalue weighted by molar-refractivity contribution is 7.89. The predicted molar refractivity (Wildman–Crippen MR) is 106 cm³/mol. The van der Waals surface area contributed by atoms with Crippen LogP contribution in [0.4, 0.5) is 0 Å². The fourth-order valence-corrected chi connectivity index (χ4v) is 4.57. The number of fused-ring (bicyclic) bond motifs is 1. The van der Waals surface area contributed by atoms with Gasteiger partial charge in [0.25, 0.3) is 5.91 Å². The van der Waals surface area contributed by atoms with Crippen molar-refractivity contribution >= 4 is 15.9 Å². The maximum absolute atomic E-state index is 13.0. The van der Waals surface area contributed by atoms with E-state index in [-0.39, 0.29) is 23.4 Å². The van der Waals surface area contributed by atoms with E-state index in [1.807, 2.05) is 12.1 Å². The van der Waals surface area contributed by atoms with Crippen LogP contribution in [0, 0.1) is 0 Å². The zero-order valence-electron chi connectivity index (χ0n) is 15.4. The van der Waals surface area contributed by atoms with Crippen molar-refractivity contribution in [1.29, 1.82) is 0 Å². The van der Waals surface area contributed by atoms with E-state index in [0.29, 0.717) is 5.56 Å². The SMILES string of the molecule is C=CCNS(=O)(=O)c1cccc(C(=O)N(C)[C@@H]2CCCc3ccccc32)c1. The summed E-state index contributed by atoms with van der Waals surface area (Å²) in [5.41, 5.74) is 2.82. The van der Waals surface area contributed by atoms with Crippen molar-refractivity contribution in [2.45, 2.75) is 30.2 Å². The van der Waals surface area contributed by atoms with Crippen LogP contribution in [0.15, 0.2) is 66.1 Å². The third-order valence-corrected chi connectivity index (χ3v) is 6.36. The molecule has 0 bridgehead atoms. The molecule has 1 N–H and O–H groups in total. The van der Waals surface area contributed by atoms with Crippen LogP contribution in [0.25, 0.3) is 0 Å². The molecule has 5 nitrogen and oxygen atoms in total. The lowest BCUT2D eigenvalue weighted by molar-refractivity contribution is 0.0715. The Labute approximate surface area is 160 Å². The van der Waals surface area contributed by atoms with Gasteiger partial charge < -0.3 is 4.90 Å². The van der Waals surface area contributed by atoms with Crippen molar-refractivity contribution in [1.82, 2.24) is 9.62 Å². The van der Waals surface area contributed by atoms with Gasteiger partial charge in [0, 0.05) is 19.2 Å². The van der Waals surface area contributed by atoms with Crippen molar-refractivity contribution < 1.29 is 13.2 Å². The minimum absolute atomic E-state index is 0.00149. The number of benzene rings is 2. The van der Waals surface area contributed by atoms with Crippen molar-refractivity contribution in [3.63, 3.8) is 0 Å². The number of sulfonamides is 1. The average molecular weight is 385 g/mol. The molecule has 1 amide bonds. The fourth-order valence-electron chi connectivity index (χ4n) is 3.52. The minimum atomic E-state index is -3.67. The summed E-state index contributed by atoms with van der Waals surface area (Å²) < 4.78 is 27.1. The standard InChI is InChI=1S/C21H24N2O3S/c1-3-14-22-27(25,26)18-11-6-10-17(15-18)21(24)23(2)20-13-7-9-16-8-4-5-12-19(16)20/h3-6,8,10-12,15,20,22H,1,7,9,13-14H2,2H3/t20-/m1/s1. The molecular weight excluding hydrogens is 360 g/mol. The predicted octanol–water partition coefficient (Wildman–Crippen LogP) is 3.30. The molecule has 0 aromatic heterocycles. The van der Waals surface area contributed by atoms with E-state index < -0.39 is 10.0 Å². The van der Waals surface area contributed by atoms with Gasteiger partial charge >= 0.3 is 0 Å². The van der Waals surface area contributed by atoms with E-state index in [2.05, 4.69) is 23.4 Å². The highest BCUT2D eigenvalue weighted by atomic mass is 32.2. The molecule has 2 aromatic rings. The first-order valence-electron chi connectivity index (χ1n) is 8.99. The Hall–Kier alpha value is -2.44. The van der Waals surface area contributed by atoms with Crippen molar-refractivity contribution in [3.05, 3.63) is 77.9 Å². The lowest BCUT2D eigenvalue weighted by Gasteiger charge is -2.33. The zero-order chi connectivity index (χ0) is 19.4. The highest BCUT2D eigenvalue weighted by Crippen LogP contribution is 2.34. The van der Waals surface area contributed by atoms with Crippen LogP contribution in [0.5, 0.6) is 0 Å². The van der Waals surface area contributed by atoms with Gasteiger partial charge in [-0.05, 0) is 48.6 Å². The topological polar surface area (TPSA) is 66.5 Å². The molecule has 0 spiro atoms. The van der Waals surface area contributed by atoms with Gasteiger partial charge in [0.05, 0.1) is 10.9 Å².